The number of hydrogen-bond acceptors (Lipinski definition) is 3. The fourth-order valence-corrected chi connectivity index (χ4v) is 3.40. The molecule has 100 valence electrons. The van der Waals surface area contributed by atoms with Crippen molar-refractivity contribution in [2.45, 2.75) is 26.7 Å². The summed E-state index contributed by atoms with van der Waals surface area (Å²) in [5.41, 5.74) is 9.54. The van der Waals surface area contributed by atoms with Gasteiger partial charge in [0.05, 0.1) is 5.69 Å². The van der Waals surface area contributed by atoms with Crippen molar-refractivity contribution in [2.75, 3.05) is 5.73 Å². The Labute approximate surface area is 116 Å². The van der Waals surface area contributed by atoms with E-state index in [2.05, 4.69) is 6.07 Å². The van der Waals surface area contributed by atoms with E-state index >= 15 is 0 Å². The molecule has 3 nitrogen and oxygen atoms in total. The van der Waals surface area contributed by atoms with E-state index in [4.69, 9.17) is 5.73 Å². The van der Waals surface area contributed by atoms with Crippen molar-refractivity contribution in [3.8, 4) is 10.4 Å². The second-order valence-electron chi connectivity index (χ2n) is 4.92. The molecule has 19 heavy (non-hydrogen) atoms. The first-order valence-corrected chi connectivity index (χ1v) is 6.96. The van der Waals surface area contributed by atoms with E-state index in [0.29, 0.717) is 5.69 Å². The number of aryl methyl sites for hydroxylation is 1. The van der Waals surface area contributed by atoms with E-state index in [1.807, 2.05) is 39.0 Å². The molecule has 2 aromatic rings. The van der Waals surface area contributed by atoms with Crippen molar-refractivity contribution in [1.82, 2.24) is 0 Å². The van der Waals surface area contributed by atoms with Gasteiger partial charge in [-0.3, -0.25) is 0 Å². The quantitative estimate of drug-likeness (QED) is 0.885. The Morgan fingerprint density at radius 1 is 1.37 bits per heavy atom. The average Bonchev–Trinajstić information content (AvgIpc) is 2.67. The van der Waals surface area contributed by atoms with Gasteiger partial charge >= 0.3 is 5.97 Å². The largest absolute Gasteiger partial charge is 0.477 e. The van der Waals surface area contributed by atoms with Gasteiger partial charge in [-0.1, -0.05) is 43.7 Å². The van der Waals surface area contributed by atoms with Gasteiger partial charge in [-0.25, -0.2) is 4.79 Å². The molecule has 0 aliphatic rings. The van der Waals surface area contributed by atoms with E-state index in [-0.39, 0.29) is 10.8 Å². The third kappa shape index (κ3) is 2.49. The van der Waals surface area contributed by atoms with Crippen molar-refractivity contribution in [3.05, 3.63) is 40.3 Å². The van der Waals surface area contributed by atoms with Crippen molar-refractivity contribution < 1.29 is 9.90 Å². The number of rotatable bonds is 3. The molecule has 0 radical (unpaired) electrons. The number of benzene rings is 1. The van der Waals surface area contributed by atoms with Crippen LogP contribution in [0.1, 0.15) is 40.6 Å². The Morgan fingerprint density at radius 3 is 2.58 bits per heavy atom. The number of anilines is 1. The minimum absolute atomic E-state index is 0.194. The van der Waals surface area contributed by atoms with Gasteiger partial charge in [0, 0.05) is 4.88 Å². The minimum Gasteiger partial charge on any atom is -0.477 e. The minimum atomic E-state index is -0.955. The average molecular weight is 275 g/mol. The first-order chi connectivity index (χ1) is 8.91. The maximum Gasteiger partial charge on any atom is 0.348 e. The number of hydrogen-bond donors (Lipinski definition) is 2. The summed E-state index contributed by atoms with van der Waals surface area (Å²) in [6.07, 6.45) is 0. The predicted octanol–water partition coefficient (Wildman–Crippen LogP) is 4.13. The number of carboxylic acids is 1. The number of aromatic carboxylic acids is 1. The van der Waals surface area contributed by atoms with Crippen LogP contribution in [-0.2, 0) is 0 Å². The highest BCUT2D eigenvalue weighted by Crippen LogP contribution is 2.42. The number of carbonyl (C=O) groups is 1. The molecule has 0 saturated heterocycles. The molecule has 3 N–H and O–H groups in total. The molecular weight excluding hydrogens is 258 g/mol. The number of nitrogens with two attached hydrogens (primary N) is 1. The highest BCUT2D eigenvalue weighted by atomic mass is 32.1. The van der Waals surface area contributed by atoms with E-state index < -0.39 is 5.97 Å². The third-order valence-electron chi connectivity index (χ3n) is 3.04. The first-order valence-electron chi connectivity index (χ1n) is 6.14. The van der Waals surface area contributed by atoms with Crippen LogP contribution < -0.4 is 5.73 Å². The molecule has 0 spiro atoms. The maximum atomic E-state index is 11.2. The van der Waals surface area contributed by atoms with Gasteiger partial charge in [0.1, 0.15) is 4.88 Å². The van der Waals surface area contributed by atoms with Crippen LogP contribution in [0.3, 0.4) is 0 Å². The Balaban J connectivity index is 2.69. The second kappa shape index (κ2) is 5.05. The zero-order valence-electron chi connectivity index (χ0n) is 11.2. The molecule has 0 aliphatic carbocycles. The first kappa shape index (κ1) is 13.6. The third-order valence-corrected chi connectivity index (χ3v) is 4.29. The lowest BCUT2D eigenvalue weighted by atomic mass is 9.97. The van der Waals surface area contributed by atoms with E-state index in [1.54, 1.807) is 0 Å². The highest BCUT2D eigenvalue weighted by molar-refractivity contribution is 7.18. The summed E-state index contributed by atoms with van der Waals surface area (Å²) >= 11 is 1.26. The smallest absolute Gasteiger partial charge is 0.348 e. The normalized spacial score (nSPS) is 10.9. The lowest BCUT2D eigenvalue weighted by molar-refractivity contribution is 0.0703. The zero-order valence-corrected chi connectivity index (χ0v) is 12.0. The zero-order chi connectivity index (χ0) is 14.2. The molecule has 0 bridgehead atoms. The van der Waals surface area contributed by atoms with E-state index in [1.165, 1.54) is 11.3 Å². The van der Waals surface area contributed by atoms with Gasteiger partial charge in [-0.05, 0) is 24.0 Å². The maximum absolute atomic E-state index is 11.2. The molecule has 0 unspecified atom stereocenters. The van der Waals surface area contributed by atoms with Gasteiger partial charge in [0.25, 0.3) is 0 Å². The monoisotopic (exact) mass is 275 g/mol. The van der Waals surface area contributed by atoms with Crippen LogP contribution in [-0.4, -0.2) is 11.1 Å². The molecule has 1 aromatic heterocycles. The van der Waals surface area contributed by atoms with E-state index in [9.17, 15) is 9.90 Å². The van der Waals surface area contributed by atoms with Crippen LogP contribution in [0.5, 0.6) is 0 Å². The fourth-order valence-electron chi connectivity index (χ4n) is 2.19. The molecule has 1 aromatic carbocycles. The molecule has 0 aliphatic heterocycles. The van der Waals surface area contributed by atoms with Crippen LogP contribution in [0.2, 0.25) is 0 Å². The number of nitrogen functional groups attached to an aromatic ring is 1. The summed E-state index contributed by atoms with van der Waals surface area (Å²) in [7, 11) is 0. The van der Waals surface area contributed by atoms with Gasteiger partial charge in [0.2, 0.25) is 0 Å². The number of thiophene rings is 1. The SMILES string of the molecule is Cc1cccc(-c2sc(C(=O)O)c(N)c2C(C)C)c1. The molecule has 4 heteroatoms. The molecule has 0 fully saturated rings. The van der Waals surface area contributed by atoms with Crippen LogP contribution in [0.4, 0.5) is 5.69 Å². The van der Waals surface area contributed by atoms with Crippen LogP contribution >= 0.6 is 11.3 Å². The van der Waals surface area contributed by atoms with Crippen molar-refractivity contribution >= 4 is 23.0 Å². The Kier molecular flexibility index (Phi) is 3.62. The van der Waals surface area contributed by atoms with Crippen molar-refractivity contribution in [2.24, 2.45) is 0 Å². The topological polar surface area (TPSA) is 63.3 Å². The molecule has 0 atom stereocenters. The van der Waals surface area contributed by atoms with Crippen LogP contribution in [0, 0.1) is 6.92 Å². The predicted molar refractivity (Wildman–Crippen MR) is 80.0 cm³/mol. The van der Waals surface area contributed by atoms with E-state index in [0.717, 1.165) is 21.6 Å². The molecular formula is C15H17NO2S. The molecule has 2 rings (SSSR count). The van der Waals surface area contributed by atoms with Gasteiger partial charge in [-0.15, -0.1) is 11.3 Å². The van der Waals surface area contributed by atoms with Crippen LogP contribution in [0.25, 0.3) is 10.4 Å². The number of carboxylic acid groups (broad SMARTS) is 1. The highest BCUT2D eigenvalue weighted by Gasteiger charge is 2.23. The summed E-state index contributed by atoms with van der Waals surface area (Å²) in [4.78, 5) is 12.4. The molecule has 0 amide bonds. The summed E-state index contributed by atoms with van der Waals surface area (Å²) in [5.74, 6) is -0.761. The van der Waals surface area contributed by atoms with Gasteiger partial charge < -0.3 is 10.8 Å². The second-order valence-corrected chi connectivity index (χ2v) is 5.94. The lowest BCUT2D eigenvalue weighted by Crippen LogP contribution is -2.00. The lowest BCUT2D eigenvalue weighted by Gasteiger charge is -2.09. The van der Waals surface area contributed by atoms with Crippen molar-refractivity contribution in [1.29, 1.82) is 0 Å². The Hall–Kier alpha value is -1.81. The summed E-state index contributed by atoms with van der Waals surface area (Å²) in [6, 6.07) is 8.05. The van der Waals surface area contributed by atoms with Crippen molar-refractivity contribution in [3.63, 3.8) is 0 Å². The Bertz CT molecular complexity index is 629. The standard InChI is InChI=1S/C15H17NO2S/c1-8(2)11-12(16)14(15(17)18)19-13(11)10-6-4-5-9(3)7-10/h4-8H,16H2,1-3H3,(H,17,18). The Morgan fingerprint density at radius 2 is 2.05 bits per heavy atom. The summed E-state index contributed by atoms with van der Waals surface area (Å²) < 4.78 is 0. The van der Waals surface area contributed by atoms with Gasteiger partial charge in [0.15, 0.2) is 0 Å². The summed E-state index contributed by atoms with van der Waals surface area (Å²) in [6.45, 7) is 6.08. The van der Waals surface area contributed by atoms with Crippen LogP contribution in [0.15, 0.2) is 24.3 Å². The van der Waals surface area contributed by atoms with Gasteiger partial charge in [-0.2, -0.15) is 0 Å². The summed E-state index contributed by atoms with van der Waals surface area (Å²) in [5, 5.41) is 9.22. The molecule has 0 saturated carbocycles. The fraction of sp³-hybridized carbons (Fsp3) is 0.267. The molecule has 1 heterocycles.